The molecule has 0 unspecified atom stereocenters. The quantitative estimate of drug-likeness (QED) is 0.721. The van der Waals surface area contributed by atoms with Crippen molar-refractivity contribution in [2.24, 2.45) is 5.92 Å². The lowest BCUT2D eigenvalue weighted by molar-refractivity contribution is 0.315. The van der Waals surface area contributed by atoms with E-state index in [1.165, 1.54) is 24.8 Å². The first kappa shape index (κ1) is 8.89. The molecular weight excluding hydrogens is 182 g/mol. The zero-order valence-corrected chi connectivity index (χ0v) is 8.35. The van der Waals surface area contributed by atoms with Crippen LogP contribution in [0.15, 0.2) is 18.2 Å². The monoisotopic (exact) mass is 195 g/mol. The largest absolute Gasteiger partial charge is 0.399 e. The fourth-order valence-electron chi connectivity index (χ4n) is 1.76. The molecule has 1 fully saturated rings. The van der Waals surface area contributed by atoms with Crippen LogP contribution in [0.1, 0.15) is 24.8 Å². The standard InChI is InChI=1S/C11H14ClN/c12-10-4-5-11(13)9(7-10)6-8-2-1-3-8/h4-5,7-8H,1-3,6,13H2. The number of halogens is 1. The minimum atomic E-state index is 0.795. The van der Waals surface area contributed by atoms with Crippen LogP contribution in [0, 0.1) is 5.92 Å². The second-order valence-electron chi connectivity index (χ2n) is 3.84. The molecule has 0 spiro atoms. The number of nitrogen functional groups attached to an aromatic ring is 1. The van der Waals surface area contributed by atoms with E-state index in [4.69, 9.17) is 17.3 Å². The summed E-state index contributed by atoms with van der Waals surface area (Å²) in [5.74, 6) is 0.848. The van der Waals surface area contributed by atoms with Gasteiger partial charge in [-0.2, -0.15) is 0 Å². The van der Waals surface area contributed by atoms with Crippen LogP contribution in [0.4, 0.5) is 5.69 Å². The molecule has 1 nitrogen and oxygen atoms in total. The predicted molar refractivity (Wildman–Crippen MR) is 56.9 cm³/mol. The molecule has 0 aliphatic heterocycles. The van der Waals surface area contributed by atoms with E-state index in [9.17, 15) is 0 Å². The molecule has 13 heavy (non-hydrogen) atoms. The Morgan fingerprint density at radius 2 is 2.15 bits per heavy atom. The molecule has 70 valence electrons. The summed E-state index contributed by atoms with van der Waals surface area (Å²) in [6.45, 7) is 0. The summed E-state index contributed by atoms with van der Waals surface area (Å²) < 4.78 is 0. The van der Waals surface area contributed by atoms with Crippen LogP contribution in [0.5, 0.6) is 0 Å². The van der Waals surface area contributed by atoms with E-state index in [2.05, 4.69) is 0 Å². The first-order valence-corrected chi connectivity index (χ1v) is 5.17. The Kier molecular flexibility index (Phi) is 2.45. The van der Waals surface area contributed by atoms with E-state index in [1.807, 2.05) is 18.2 Å². The van der Waals surface area contributed by atoms with E-state index < -0.39 is 0 Å². The van der Waals surface area contributed by atoms with Crippen molar-refractivity contribution in [3.63, 3.8) is 0 Å². The molecule has 0 atom stereocenters. The number of hydrogen-bond donors (Lipinski definition) is 1. The van der Waals surface area contributed by atoms with Crippen molar-refractivity contribution in [1.29, 1.82) is 0 Å². The Morgan fingerprint density at radius 1 is 1.38 bits per heavy atom. The predicted octanol–water partition coefficient (Wildman–Crippen LogP) is 3.26. The molecule has 0 heterocycles. The second kappa shape index (κ2) is 3.59. The van der Waals surface area contributed by atoms with E-state index >= 15 is 0 Å². The smallest absolute Gasteiger partial charge is 0.0410 e. The number of nitrogens with two attached hydrogens (primary N) is 1. The summed E-state index contributed by atoms with van der Waals surface area (Å²) in [5.41, 5.74) is 7.96. The van der Waals surface area contributed by atoms with Crippen LogP contribution in [0.3, 0.4) is 0 Å². The molecule has 2 heteroatoms. The van der Waals surface area contributed by atoms with E-state index in [0.717, 1.165) is 23.0 Å². The molecule has 1 aliphatic rings. The maximum Gasteiger partial charge on any atom is 0.0410 e. The van der Waals surface area contributed by atoms with Crippen LogP contribution in [0.2, 0.25) is 5.02 Å². The van der Waals surface area contributed by atoms with Gasteiger partial charge in [0.2, 0.25) is 0 Å². The van der Waals surface area contributed by atoms with Gasteiger partial charge in [-0.15, -0.1) is 0 Å². The molecule has 2 rings (SSSR count). The maximum absolute atomic E-state index is 5.91. The normalized spacial score (nSPS) is 17.0. The molecule has 1 aromatic carbocycles. The van der Waals surface area contributed by atoms with Gasteiger partial charge < -0.3 is 5.73 Å². The molecule has 1 aliphatic carbocycles. The van der Waals surface area contributed by atoms with Crippen molar-refractivity contribution in [3.8, 4) is 0 Å². The molecule has 2 N–H and O–H groups in total. The summed E-state index contributed by atoms with van der Waals surface area (Å²) in [7, 11) is 0. The lowest BCUT2D eigenvalue weighted by Gasteiger charge is -2.25. The molecule has 0 saturated heterocycles. The van der Waals surface area contributed by atoms with E-state index in [0.29, 0.717) is 0 Å². The van der Waals surface area contributed by atoms with Crippen molar-refractivity contribution in [2.45, 2.75) is 25.7 Å². The first-order chi connectivity index (χ1) is 6.25. The number of anilines is 1. The van der Waals surface area contributed by atoms with Gasteiger partial charge in [0.25, 0.3) is 0 Å². The average Bonchev–Trinajstić information content (AvgIpc) is 2.03. The summed E-state index contributed by atoms with van der Waals surface area (Å²) in [6.07, 6.45) is 5.19. The highest BCUT2D eigenvalue weighted by molar-refractivity contribution is 6.30. The Labute approximate surface area is 83.9 Å². The lowest BCUT2D eigenvalue weighted by Crippen LogP contribution is -2.14. The zero-order chi connectivity index (χ0) is 9.26. The van der Waals surface area contributed by atoms with Crippen molar-refractivity contribution in [3.05, 3.63) is 28.8 Å². The fraction of sp³-hybridized carbons (Fsp3) is 0.455. The van der Waals surface area contributed by atoms with Gasteiger partial charge in [0.1, 0.15) is 0 Å². The summed E-state index contributed by atoms with van der Waals surface area (Å²) in [5, 5.41) is 0.795. The molecule has 0 radical (unpaired) electrons. The van der Waals surface area contributed by atoms with Crippen molar-refractivity contribution in [2.75, 3.05) is 5.73 Å². The van der Waals surface area contributed by atoms with Crippen molar-refractivity contribution < 1.29 is 0 Å². The molecule has 0 bridgehead atoms. The van der Waals surface area contributed by atoms with Crippen LogP contribution >= 0.6 is 11.6 Å². The molecule has 0 amide bonds. The molecule has 0 aromatic heterocycles. The summed E-state index contributed by atoms with van der Waals surface area (Å²) in [4.78, 5) is 0. The SMILES string of the molecule is Nc1ccc(Cl)cc1CC1CCC1. The van der Waals surface area contributed by atoms with Gasteiger partial charge in [0.15, 0.2) is 0 Å². The Morgan fingerprint density at radius 3 is 2.77 bits per heavy atom. The van der Waals surface area contributed by atoms with Gasteiger partial charge in [-0.1, -0.05) is 30.9 Å². The average molecular weight is 196 g/mol. The van der Waals surface area contributed by atoms with E-state index in [-0.39, 0.29) is 0 Å². The van der Waals surface area contributed by atoms with Crippen molar-refractivity contribution >= 4 is 17.3 Å². The van der Waals surface area contributed by atoms with Crippen LogP contribution in [-0.2, 0) is 6.42 Å². The van der Waals surface area contributed by atoms with Gasteiger partial charge >= 0.3 is 0 Å². The lowest BCUT2D eigenvalue weighted by atomic mass is 9.81. The highest BCUT2D eigenvalue weighted by atomic mass is 35.5. The van der Waals surface area contributed by atoms with Gasteiger partial charge in [0.05, 0.1) is 0 Å². The number of rotatable bonds is 2. The topological polar surface area (TPSA) is 26.0 Å². The highest BCUT2D eigenvalue weighted by Gasteiger charge is 2.18. The second-order valence-corrected chi connectivity index (χ2v) is 4.28. The minimum Gasteiger partial charge on any atom is -0.399 e. The fourth-order valence-corrected chi connectivity index (χ4v) is 1.95. The Balaban J connectivity index is 2.13. The van der Waals surface area contributed by atoms with Crippen molar-refractivity contribution in [1.82, 2.24) is 0 Å². The summed E-state index contributed by atoms with van der Waals surface area (Å²) >= 11 is 5.91. The Hall–Kier alpha value is -0.690. The molecule has 1 saturated carbocycles. The molecule has 1 aromatic rings. The van der Waals surface area contributed by atoms with Gasteiger partial charge in [-0.05, 0) is 36.1 Å². The maximum atomic E-state index is 5.91. The van der Waals surface area contributed by atoms with Gasteiger partial charge in [-0.25, -0.2) is 0 Å². The minimum absolute atomic E-state index is 0.795. The number of hydrogen-bond acceptors (Lipinski definition) is 1. The number of benzene rings is 1. The summed E-state index contributed by atoms with van der Waals surface area (Å²) in [6, 6.07) is 5.74. The van der Waals surface area contributed by atoms with E-state index in [1.54, 1.807) is 0 Å². The third-order valence-corrected chi connectivity index (χ3v) is 3.07. The zero-order valence-electron chi connectivity index (χ0n) is 7.59. The van der Waals surface area contributed by atoms with Crippen LogP contribution in [0.25, 0.3) is 0 Å². The third-order valence-electron chi connectivity index (χ3n) is 2.84. The Bertz CT molecular complexity index is 305. The first-order valence-electron chi connectivity index (χ1n) is 4.79. The van der Waals surface area contributed by atoms with Gasteiger partial charge in [-0.3, -0.25) is 0 Å². The highest BCUT2D eigenvalue weighted by Crippen LogP contribution is 2.32. The van der Waals surface area contributed by atoms with Crippen LogP contribution in [-0.4, -0.2) is 0 Å². The molecular formula is C11H14ClN. The van der Waals surface area contributed by atoms with Gasteiger partial charge in [0, 0.05) is 10.7 Å². The third kappa shape index (κ3) is 1.97. The van der Waals surface area contributed by atoms with Crippen LogP contribution < -0.4 is 5.73 Å².